The van der Waals surface area contributed by atoms with Crippen LogP contribution < -0.4 is 10.1 Å². The third-order valence-corrected chi connectivity index (χ3v) is 4.42. The van der Waals surface area contributed by atoms with E-state index in [1.54, 1.807) is 13.0 Å². The zero-order valence-electron chi connectivity index (χ0n) is 13.5. The fourth-order valence-corrected chi connectivity index (χ4v) is 3.22. The van der Waals surface area contributed by atoms with E-state index in [-0.39, 0.29) is 17.8 Å². The van der Waals surface area contributed by atoms with Crippen LogP contribution in [0.5, 0.6) is 5.75 Å². The van der Waals surface area contributed by atoms with Crippen molar-refractivity contribution in [2.24, 2.45) is 0 Å². The number of hydrogen-bond donors (Lipinski definition) is 1. The van der Waals surface area contributed by atoms with Crippen LogP contribution in [0.2, 0.25) is 0 Å². The van der Waals surface area contributed by atoms with Crippen molar-refractivity contribution in [1.82, 2.24) is 10.3 Å². The maximum absolute atomic E-state index is 13.6. The molecule has 0 saturated heterocycles. The highest BCUT2D eigenvalue weighted by atomic mass is 19.1. The van der Waals surface area contributed by atoms with Crippen LogP contribution in [0.25, 0.3) is 10.9 Å². The number of fused-ring (bicyclic) bond motifs is 1. The highest BCUT2D eigenvalue weighted by molar-refractivity contribution is 5.97. The van der Waals surface area contributed by atoms with Gasteiger partial charge in [0.05, 0.1) is 12.6 Å². The first-order chi connectivity index (χ1) is 11.1. The Balaban J connectivity index is 1.95. The van der Waals surface area contributed by atoms with Gasteiger partial charge in [0.2, 0.25) is 0 Å². The third-order valence-electron chi connectivity index (χ3n) is 4.42. The average Bonchev–Trinajstić information content (AvgIpc) is 2.55. The summed E-state index contributed by atoms with van der Waals surface area (Å²) in [6.45, 7) is 1.78. The predicted molar refractivity (Wildman–Crippen MR) is 87.3 cm³/mol. The minimum Gasteiger partial charge on any atom is -0.496 e. The van der Waals surface area contributed by atoms with Crippen molar-refractivity contribution in [3.05, 3.63) is 35.3 Å². The minimum absolute atomic E-state index is 0.194. The fraction of sp³-hybridized carbons (Fsp3) is 0.444. The molecule has 1 N–H and O–H groups in total. The first-order valence-electron chi connectivity index (χ1n) is 8.04. The van der Waals surface area contributed by atoms with Crippen LogP contribution in [0, 0.1) is 12.7 Å². The molecule has 0 aliphatic heterocycles. The van der Waals surface area contributed by atoms with Gasteiger partial charge < -0.3 is 10.1 Å². The molecule has 1 amide bonds. The highest BCUT2D eigenvalue weighted by Gasteiger charge is 2.19. The van der Waals surface area contributed by atoms with Gasteiger partial charge in [0.15, 0.2) is 0 Å². The molecular formula is C18H21FN2O2. The number of carbonyl (C=O) groups is 1. The molecule has 0 unspecified atom stereocenters. The molecule has 1 aromatic heterocycles. The smallest absolute Gasteiger partial charge is 0.270 e. The zero-order valence-corrected chi connectivity index (χ0v) is 13.5. The van der Waals surface area contributed by atoms with E-state index in [4.69, 9.17) is 4.74 Å². The third kappa shape index (κ3) is 3.28. The van der Waals surface area contributed by atoms with E-state index in [9.17, 15) is 9.18 Å². The van der Waals surface area contributed by atoms with Crippen molar-refractivity contribution in [2.45, 2.75) is 45.1 Å². The number of amides is 1. The van der Waals surface area contributed by atoms with Gasteiger partial charge in [-0.1, -0.05) is 19.3 Å². The first kappa shape index (κ1) is 15.7. The number of aryl methyl sites for hydroxylation is 1. The Bertz CT molecular complexity index is 739. The van der Waals surface area contributed by atoms with Gasteiger partial charge in [-0.25, -0.2) is 9.37 Å². The average molecular weight is 316 g/mol. The van der Waals surface area contributed by atoms with Crippen LogP contribution in [-0.4, -0.2) is 24.0 Å². The van der Waals surface area contributed by atoms with Gasteiger partial charge in [0.1, 0.15) is 17.3 Å². The number of methoxy groups -OCH3 is 1. The lowest BCUT2D eigenvalue weighted by Crippen LogP contribution is -2.36. The van der Waals surface area contributed by atoms with Crippen LogP contribution in [0.1, 0.15) is 48.2 Å². The first-order valence-corrected chi connectivity index (χ1v) is 8.04. The topological polar surface area (TPSA) is 51.2 Å². The molecule has 23 heavy (non-hydrogen) atoms. The van der Waals surface area contributed by atoms with Gasteiger partial charge in [0, 0.05) is 17.5 Å². The maximum Gasteiger partial charge on any atom is 0.270 e. The molecule has 0 atom stereocenters. The summed E-state index contributed by atoms with van der Waals surface area (Å²) >= 11 is 0. The van der Waals surface area contributed by atoms with Gasteiger partial charge in [-0.3, -0.25) is 4.79 Å². The van der Waals surface area contributed by atoms with Gasteiger partial charge >= 0.3 is 0 Å². The van der Waals surface area contributed by atoms with Crippen LogP contribution in [0.4, 0.5) is 4.39 Å². The van der Waals surface area contributed by atoms with Crippen LogP contribution in [0.15, 0.2) is 18.2 Å². The monoisotopic (exact) mass is 316 g/mol. The minimum atomic E-state index is -0.338. The Hall–Kier alpha value is -2.17. The van der Waals surface area contributed by atoms with Crippen molar-refractivity contribution in [3.63, 3.8) is 0 Å². The second-order valence-electron chi connectivity index (χ2n) is 6.14. The number of ether oxygens (including phenoxy) is 1. The van der Waals surface area contributed by atoms with E-state index in [1.807, 2.05) is 0 Å². The predicted octanol–water partition coefficient (Wildman–Crippen LogP) is 3.75. The number of nitrogens with one attached hydrogen (secondary N) is 1. The molecule has 122 valence electrons. The second-order valence-corrected chi connectivity index (χ2v) is 6.14. The van der Waals surface area contributed by atoms with Crippen molar-refractivity contribution in [1.29, 1.82) is 0 Å². The standard InChI is InChI=1S/C18H21FN2O2/c1-11-8-12(19)9-14-16(23-2)10-15(21-17(11)14)18(22)20-13-6-4-3-5-7-13/h8-10,13H,3-7H2,1-2H3,(H,20,22). The fourth-order valence-electron chi connectivity index (χ4n) is 3.22. The molecule has 1 aliphatic carbocycles. The molecule has 0 radical (unpaired) electrons. The Morgan fingerprint density at radius 3 is 2.70 bits per heavy atom. The van der Waals surface area contributed by atoms with E-state index in [1.165, 1.54) is 25.7 Å². The molecular weight excluding hydrogens is 295 g/mol. The number of pyridine rings is 1. The quantitative estimate of drug-likeness (QED) is 0.938. The molecule has 2 aromatic rings. The van der Waals surface area contributed by atoms with Gasteiger partial charge in [0.25, 0.3) is 5.91 Å². The molecule has 1 saturated carbocycles. The summed E-state index contributed by atoms with van der Waals surface area (Å²) in [6, 6.07) is 4.60. The molecule has 1 aromatic carbocycles. The summed E-state index contributed by atoms with van der Waals surface area (Å²) < 4.78 is 19.0. The summed E-state index contributed by atoms with van der Waals surface area (Å²) in [5.74, 6) is -0.0678. The number of halogens is 1. The van der Waals surface area contributed by atoms with Gasteiger partial charge in [-0.05, 0) is 37.5 Å². The summed E-state index contributed by atoms with van der Waals surface area (Å²) in [6.07, 6.45) is 5.57. The molecule has 1 heterocycles. The molecule has 0 spiro atoms. The van der Waals surface area contributed by atoms with Gasteiger partial charge in [-0.15, -0.1) is 0 Å². The summed E-state index contributed by atoms with van der Waals surface area (Å²) in [7, 11) is 1.51. The Kier molecular flexibility index (Phi) is 4.46. The van der Waals surface area contributed by atoms with E-state index in [2.05, 4.69) is 10.3 Å². The number of carbonyl (C=O) groups excluding carboxylic acids is 1. The summed E-state index contributed by atoms with van der Waals surface area (Å²) in [5.41, 5.74) is 1.60. The number of rotatable bonds is 3. The van der Waals surface area contributed by atoms with Crippen molar-refractivity contribution in [2.75, 3.05) is 7.11 Å². The van der Waals surface area contributed by atoms with Gasteiger partial charge in [-0.2, -0.15) is 0 Å². The number of benzene rings is 1. The second kappa shape index (κ2) is 6.52. The summed E-state index contributed by atoms with van der Waals surface area (Å²) in [5, 5.41) is 3.63. The van der Waals surface area contributed by atoms with Crippen LogP contribution in [-0.2, 0) is 0 Å². The maximum atomic E-state index is 13.6. The lowest BCUT2D eigenvalue weighted by molar-refractivity contribution is 0.0922. The number of aromatic nitrogens is 1. The molecule has 4 nitrogen and oxygen atoms in total. The molecule has 1 aliphatic rings. The lowest BCUT2D eigenvalue weighted by atomic mass is 9.95. The van der Waals surface area contributed by atoms with Crippen LogP contribution in [0.3, 0.4) is 0 Å². The van der Waals surface area contributed by atoms with Crippen molar-refractivity contribution >= 4 is 16.8 Å². The Labute approximate surface area is 135 Å². The van der Waals surface area contributed by atoms with Crippen LogP contribution >= 0.6 is 0 Å². The van der Waals surface area contributed by atoms with E-state index >= 15 is 0 Å². The largest absolute Gasteiger partial charge is 0.496 e. The molecule has 1 fully saturated rings. The number of nitrogens with zero attached hydrogens (tertiary/aromatic N) is 1. The van der Waals surface area contributed by atoms with E-state index in [0.29, 0.717) is 27.9 Å². The molecule has 3 rings (SSSR count). The summed E-state index contributed by atoms with van der Waals surface area (Å²) in [4.78, 5) is 16.9. The highest BCUT2D eigenvalue weighted by Crippen LogP contribution is 2.28. The Morgan fingerprint density at radius 1 is 1.26 bits per heavy atom. The molecule has 5 heteroatoms. The Morgan fingerprint density at radius 2 is 2.00 bits per heavy atom. The zero-order chi connectivity index (χ0) is 16.4. The normalized spacial score (nSPS) is 15.6. The molecule has 0 bridgehead atoms. The number of hydrogen-bond acceptors (Lipinski definition) is 3. The van der Waals surface area contributed by atoms with Crippen molar-refractivity contribution < 1.29 is 13.9 Å². The van der Waals surface area contributed by atoms with Crippen molar-refractivity contribution in [3.8, 4) is 5.75 Å². The lowest BCUT2D eigenvalue weighted by Gasteiger charge is -2.22. The van der Waals surface area contributed by atoms with E-state index < -0.39 is 0 Å². The van der Waals surface area contributed by atoms with E-state index in [0.717, 1.165) is 25.7 Å². The SMILES string of the molecule is COc1cc(C(=O)NC2CCCCC2)nc2c(C)cc(F)cc12.